The molecule has 0 saturated carbocycles. The molecule has 0 bridgehead atoms. The summed E-state index contributed by atoms with van der Waals surface area (Å²) in [4.78, 5) is 12.0. The molecule has 0 aliphatic heterocycles. The number of nitrogens with two attached hydrogens (primary N) is 1. The lowest BCUT2D eigenvalue weighted by molar-refractivity contribution is -0.122. The Morgan fingerprint density at radius 3 is 1.48 bits per heavy atom. The van der Waals surface area contributed by atoms with Crippen LogP contribution in [0.4, 0.5) is 0 Å². The standard InChI is InChI=1S/C35H64BN2O12/c1-34(2,40)35(3,4)50-36-31-7-9-32(10-8-31)49-14-6-5-13-38-33(39)11-15-41-17-19-43-21-23-45-25-27-47-29-30-48-28-26-46-24-22-44-20-18-42-16-12-37/h7-10,40H,5-6,11-30,37H2,1-4H3,(H,38,39). The van der Waals surface area contributed by atoms with Crippen LogP contribution in [-0.2, 0) is 47.3 Å². The van der Waals surface area contributed by atoms with Crippen LogP contribution in [0.2, 0.25) is 0 Å². The van der Waals surface area contributed by atoms with Gasteiger partial charge in [-0.2, -0.15) is 0 Å². The number of carbonyl (C=O) groups is 1. The molecule has 1 radical (unpaired) electrons. The van der Waals surface area contributed by atoms with Crippen molar-refractivity contribution < 1.29 is 57.2 Å². The number of ether oxygens (including phenoxy) is 9. The quantitative estimate of drug-likeness (QED) is 0.0672. The Labute approximate surface area is 300 Å². The van der Waals surface area contributed by atoms with Gasteiger partial charge < -0.3 is 63.4 Å². The molecule has 4 N–H and O–H groups in total. The van der Waals surface area contributed by atoms with E-state index in [2.05, 4.69) is 5.32 Å². The van der Waals surface area contributed by atoms with E-state index in [4.69, 9.17) is 53.0 Å². The summed E-state index contributed by atoms with van der Waals surface area (Å²) >= 11 is 0. The SMILES string of the molecule is CC(C)(O)C(C)(C)O[B]c1ccc(OCCCCNC(=O)CCOCCOCCOCCOCCOCCOCCOCCOCCN)cc1. The van der Waals surface area contributed by atoms with Crippen molar-refractivity contribution in [3.8, 4) is 5.75 Å². The summed E-state index contributed by atoms with van der Waals surface area (Å²) in [5.74, 6) is 0.728. The molecular weight excluding hydrogens is 651 g/mol. The van der Waals surface area contributed by atoms with Crippen LogP contribution in [-0.4, -0.2) is 155 Å². The number of carbonyl (C=O) groups excluding carboxylic acids is 1. The van der Waals surface area contributed by atoms with E-state index in [1.165, 1.54) is 0 Å². The third-order valence-corrected chi connectivity index (χ3v) is 7.34. The van der Waals surface area contributed by atoms with Crippen LogP contribution in [0.3, 0.4) is 0 Å². The Bertz CT molecular complexity index is 922. The van der Waals surface area contributed by atoms with Crippen LogP contribution in [0, 0.1) is 0 Å². The number of nitrogens with one attached hydrogen (secondary N) is 1. The largest absolute Gasteiger partial charge is 0.494 e. The van der Waals surface area contributed by atoms with E-state index in [-0.39, 0.29) is 5.91 Å². The fourth-order valence-electron chi connectivity index (χ4n) is 3.63. The zero-order chi connectivity index (χ0) is 36.6. The molecule has 1 rings (SSSR count). The minimum atomic E-state index is -0.973. The lowest BCUT2D eigenvalue weighted by atomic mass is 9.82. The topological polar surface area (TPSA) is 168 Å². The molecule has 0 fully saturated rings. The van der Waals surface area contributed by atoms with E-state index in [1.54, 1.807) is 21.3 Å². The zero-order valence-electron chi connectivity index (χ0n) is 31.0. The van der Waals surface area contributed by atoms with Crippen LogP contribution in [0.15, 0.2) is 24.3 Å². The molecule has 0 unspecified atom stereocenters. The second-order valence-electron chi connectivity index (χ2n) is 12.2. The summed E-state index contributed by atoms with van der Waals surface area (Å²) in [7, 11) is 1.64. The van der Waals surface area contributed by atoms with Crippen LogP contribution >= 0.6 is 0 Å². The van der Waals surface area contributed by atoms with Gasteiger partial charge in [0, 0.05) is 19.5 Å². The van der Waals surface area contributed by atoms with Crippen molar-refractivity contribution in [2.45, 2.75) is 58.2 Å². The molecule has 0 aliphatic rings. The number of unbranched alkanes of at least 4 members (excludes halogenated alkanes) is 1. The Kier molecular flexibility index (Phi) is 28.3. The van der Waals surface area contributed by atoms with Crippen molar-refractivity contribution >= 4 is 18.9 Å². The van der Waals surface area contributed by atoms with Gasteiger partial charge in [0.1, 0.15) is 5.75 Å². The molecule has 0 atom stereocenters. The first-order valence-corrected chi connectivity index (χ1v) is 17.7. The van der Waals surface area contributed by atoms with Crippen molar-refractivity contribution in [3.05, 3.63) is 24.3 Å². The second kappa shape index (κ2) is 30.7. The highest BCUT2D eigenvalue weighted by Crippen LogP contribution is 2.24. The van der Waals surface area contributed by atoms with Crippen molar-refractivity contribution in [1.82, 2.24) is 5.32 Å². The number of hydrogen-bond acceptors (Lipinski definition) is 13. The number of hydrogen-bond donors (Lipinski definition) is 3. The molecule has 0 heterocycles. The average molecular weight is 716 g/mol. The van der Waals surface area contributed by atoms with E-state index in [0.717, 1.165) is 24.1 Å². The van der Waals surface area contributed by atoms with Crippen molar-refractivity contribution in [2.24, 2.45) is 5.73 Å². The first-order chi connectivity index (χ1) is 24.2. The van der Waals surface area contributed by atoms with Gasteiger partial charge in [0.05, 0.1) is 124 Å². The maximum atomic E-state index is 12.0. The Morgan fingerprint density at radius 1 is 0.640 bits per heavy atom. The summed E-state index contributed by atoms with van der Waals surface area (Å²) in [6.07, 6.45) is 1.94. The smallest absolute Gasteiger partial charge is 0.330 e. The molecule has 1 aromatic carbocycles. The molecule has 0 aromatic heterocycles. The molecule has 0 saturated heterocycles. The first kappa shape index (κ1) is 46.1. The van der Waals surface area contributed by atoms with Gasteiger partial charge in [0.15, 0.2) is 0 Å². The van der Waals surface area contributed by atoms with Gasteiger partial charge in [0.25, 0.3) is 0 Å². The summed E-state index contributed by atoms with van der Waals surface area (Å²) in [5.41, 5.74) is 4.52. The summed E-state index contributed by atoms with van der Waals surface area (Å²) < 4.78 is 54.9. The number of amides is 1. The van der Waals surface area contributed by atoms with Crippen molar-refractivity contribution in [3.63, 3.8) is 0 Å². The Hall–Kier alpha value is -1.89. The highest BCUT2D eigenvalue weighted by Gasteiger charge is 2.35. The van der Waals surface area contributed by atoms with E-state index >= 15 is 0 Å². The van der Waals surface area contributed by atoms with Crippen LogP contribution in [0.1, 0.15) is 47.0 Å². The van der Waals surface area contributed by atoms with E-state index in [0.29, 0.717) is 132 Å². The molecular formula is C35H64BN2O12. The van der Waals surface area contributed by atoms with Crippen molar-refractivity contribution in [1.29, 1.82) is 0 Å². The third-order valence-electron chi connectivity index (χ3n) is 7.34. The minimum absolute atomic E-state index is 0.0386. The van der Waals surface area contributed by atoms with Crippen LogP contribution < -0.4 is 21.3 Å². The number of rotatable bonds is 36. The zero-order valence-corrected chi connectivity index (χ0v) is 31.0. The second-order valence-corrected chi connectivity index (χ2v) is 12.2. The monoisotopic (exact) mass is 715 g/mol. The minimum Gasteiger partial charge on any atom is -0.494 e. The predicted molar refractivity (Wildman–Crippen MR) is 191 cm³/mol. The highest BCUT2D eigenvalue weighted by atomic mass is 16.6. The molecule has 50 heavy (non-hydrogen) atoms. The van der Waals surface area contributed by atoms with Gasteiger partial charge in [-0.3, -0.25) is 4.79 Å². The maximum absolute atomic E-state index is 12.0. The van der Waals surface area contributed by atoms with E-state index in [9.17, 15) is 9.90 Å². The van der Waals surface area contributed by atoms with E-state index in [1.807, 2.05) is 38.1 Å². The number of aliphatic hydroxyl groups is 1. The Morgan fingerprint density at radius 2 is 1.06 bits per heavy atom. The lowest BCUT2D eigenvalue weighted by Gasteiger charge is -2.37. The normalized spacial score (nSPS) is 12.0. The molecule has 15 heteroatoms. The third kappa shape index (κ3) is 26.9. The van der Waals surface area contributed by atoms with Gasteiger partial charge >= 0.3 is 7.48 Å². The molecule has 0 spiro atoms. The van der Waals surface area contributed by atoms with Crippen molar-refractivity contribution in [2.75, 3.05) is 125 Å². The van der Waals surface area contributed by atoms with Gasteiger partial charge in [-0.25, -0.2) is 0 Å². The summed E-state index contributed by atoms with van der Waals surface area (Å²) in [6, 6.07) is 7.57. The van der Waals surface area contributed by atoms with E-state index < -0.39 is 11.2 Å². The molecule has 1 aromatic rings. The summed E-state index contributed by atoms with van der Waals surface area (Å²) in [5, 5.41) is 13.1. The highest BCUT2D eigenvalue weighted by molar-refractivity contribution is 6.47. The Balaban J connectivity index is 1.79. The average Bonchev–Trinajstić information content (AvgIpc) is 3.09. The van der Waals surface area contributed by atoms with Crippen LogP contribution in [0.25, 0.3) is 0 Å². The maximum Gasteiger partial charge on any atom is 0.330 e. The molecule has 14 nitrogen and oxygen atoms in total. The van der Waals surface area contributed by atoms with Gasteiger partial charge in [-0.15, -0.1) is 0 Å². The van der Waals surface area contributed by atoms with Gasteiger partial charge in [-0.1, -0.05) is 17.6 Å². The lowest BCUT2D eigenvalue weighted by Crippen LogP contribution is -2.49. The molecule has 289 valence electrons. The number of benzene rings is 1. The van der Waals surface area contributed by atoms with Crippen LogP contribution in [0.5, 0.6) is 5.75 Å². The fourth-order valence-corrected chi connectivity index (χ4v) is 3.63. The first-order valence-electron chi connectivity index (χ1n) is 17.7. The predicted octanol–water partition coefficient (Wildman–Crippen LogP) is 1.25. The summed E-state index contributed by atoms with van der Waals surface area (Å²) in [6.45, 7) is 16.6. The van der Waals surface area contributed by atoms with Gasteiger partial charge in [-0.05, 0) is 52.7 Å². The molecule has 1 amide bonds. The molecule has 0 aliphatic carbocycles. The van der Waals surface area contributed by atoms with Gasteiger partial charge in [0.2, 0.25) is 5.91 Å². The fraction of sp³-hybridized carbons (Fsp3) is 0.800.